The van der Waals surface area contributed by atoms with Crippen LogP contribution >= 0.6 is 11.8 Å². The van der Waals surface area contributed by atoms with E-state index in [9.17, 15) is 33.6 Å². The molecule has 7 fully saturated rings. The van der Waals surface area contributed by atoms with Gasteiger partial charge in [0.05, 0.1) is 99.0 Å². The number of ether oxygens (including phenoxy) is 15. The van der Waals surface area contributed by atoms with Crippen LogP contribution in [0.5, 0.6) is 5.75 Å². The minimum atomic E-state index is -1.00. The number of rotatable bonds is 44. The second kappa shape index (κ2) is 65.0. The Morgan fingerprint density at radius 3 is 0.869 bits per heavy atom. The molecule has 7 heterocycles. The van der Waals surface area contributed by atoms with Crippen molar-refractivity contribution in [3.63, 3.8) is 0 Å². The Labute approximate surface area is 804 Å². The predicted molar refractivity (Wildman–Crippen MR) is 511 cm³/mol. The number of benzene rings is 7. The van der Waals surface area contributed by atoms with Crippen LogP contribution < -0.4 is 50.2 Å². The highest BCUT2D eigenvalue weighted by Gasteiger charge is 2.25. The molecule has 756 valence electrons. The highest BCUT2D eigenvalue weighted by molar-refractivity contribution is 7.99. The van der Waals surface area contributed by atoms with Crippen molar-refractivity contribution in [1.29, 1.82) is 0 Å². The SMILES string of the molecule is C.C.NC(Cc1ccc(CC2OCCO2)cc1)C(=O)O.NC(Cc1ccc(CCC2OCCO2)cc1)C(=O)O.NC(Cc1ccc(CCCC2OCCO2)cc1)C(=O)O.NC(Cc1ccc(CCCCC2OCCO2)cc1)C(=O)O.NC(Cc1ccc(NCC2OCCO2)cc1)C(=O)O.NC(Cc1ccc(OCC2OCCO2)cc1)C(=O)O.NC(Cc1ccc(SCC2OCCO2)cc1)C(=O)O. The third-order valence-corrected chi connectivity index (χ3v) is 22.6. The molecule has 22 N–H and O–H groups in total. The topological polar surface area (TPSA) is 594 Å². The van der Waals surface area contributed by atoms with Crippen molar-refractivity contribution in [2.24, 2.45) is 40.1 Å². The van der Waals surface area contributed by atoms with Crippen molar-refractivity contribution in [3.05, 3.63) is 231 Å². The molecular formula is C99H140N8O29S. The molecule has 137 heavy (non-hydrogen) atoms. The summed E-state index contributed by atoms with van der Waals surface area (Å²) in [5.74, 6) is -5.41. The number of anilines is 1. The molecular weight excluding hydrogens is 1800 g/mol. The molecule has 37 nitrogen and oxygen atoms in total. The molecule has 14 rings (SSSR count). The molecule has 7 aliphatic heterocycles. The van der Waals surface area contributed by atoms with Crippen molar-refractivity contribution in [1.82, 2.24) is 0 Å². The van der Waals surface area contributed by atoms with Crippen molar-refractivity contribution in [2.45, 2.75) is 215 Å². The van der Waals surface area contributed by atoms with E-state index in [1.807, 2.05) is 146 Å². The predicted octanol–water partition coefficient (Wildman–Crippen LogP) is 7.76. The summed E-state index contributed by atoms with van der Waals surface area (Å²) in [5, 5.41) is 64.4. The molecule has 0 spiro atoms. The fraction of sp³-hybridized carbons (Fsp3) is 0.505. The molecule has 0 aromatic heterocycles. The third-order valence-electron chi connectivity index (χ3n) is 21.5. The van der Waals surface area contributed by atoms with Gasteiger partial charge in [-0.2, -0.15) is 0 Å². The van der Waals surface area contributed by atoms with Crippen LogP contribution in [0.4, 0.5) is 5.69 Å². The number of hydrogen-bond donors (Lipinski definition) is 15. The normalized spacial score (nSPS) is 17.1. The number of nitrogens with two attached hydrogens (primary N) is 7. The molecule has 0 aliphatic carbocycles. The second-order valence-electron chi connectivity index (χ2n) is 32.4. The quantitative estimate of drug-likeness (QED) is 0.0128. The minimum Gasteiger partial charge on any atom is -0.488 e. The second-order valence-corrected chi connectivity index (χ2v) is 33.5. The largest absolute Gasteiger partial charge is 0.488 e. The lowest BCUT2D eigenvalue weighted by Crippen LogP contribution is -2.32. The summed E-state index contributed by atoms with van der Waals surface area (Å²) < 4.78 is 80.4. The van der Waals surface area contributed by atoms with Crippen LogP contribution in [0.25, 0.3) is 0 Å². The van der Waals surface area contributed by atoms with Crippen LogP contribution in [-0.4, -0.2) is 275 Å². The van der Waals surface area contributed by atoms with Gasteiger partial charge in [0.2, 0.25) is 0 Å². The summed E-state index contributed by atoms with van der Waals surface area (Å²) in [5.41, 5.74) is 50.6. The van der Waals surface area contributed by atoms with E-state index >= 15 is 0 Å². The van der Waals surface area contributed by atoms with E-state index in [2.05, 4.69) is 5.32 Å². The molecule has 7 saturated heterocycles. The fourth-order valence-corrected chi connectivity index (χ4v) is 14.7. The van der Waals surface area contributed by atoms with E-state index < -0.39 is 84.1 Å². The Balaban J connectivity index is 0.000000245. The van der Waals surface area contributed by atoms with Crippen LogP contribution in [0.3, 0.4) is 0 Å². The van der Waals surface area contributed by atoms with E-state index in [1.165, 1.54) is 16.7 Å². The number of aliphatic carboxylic acids is 7. The lowest BCUT2D eigenvalue weighted by Gasteiger charge is -2.12. The van der Waals surface area contributed by atoms with Crippen LogP contribution in [0.2, 0.25) is 0 Å². The molecule has 0 saturated carbocycles. The van der Waals surface area contributed by atoms with Gasteiger partial charge in [-0.15, -0.1) is 11.8 Å². The first kappa shape index (κ1) is 116. The number of carboxylic acid groups (broad SMARTS) is 7. The van der Waals surface area contributed by atoms with Gasteiger partial charge in [-0.25, -0.2) is 0 Å². The smallest absolute Gasteiger partial charge is 0.320 e. The molecule has 0 radical (unpaired) electrons. The summed E-state index contributed by atoms with van der Waals surface area (Å²) in [7, 11) is 0. The van der Waals surface area contributed by atoms with Gasteiger partial charge in [-0.1, -0.05) is 148 Å². The molecule has 7 aliphatic rings. The Bertz CT molecular complexity index is 4210. The summed E-state index contributed by atoms with van der Waals surface area (Å²) in [6.07, 6.45) is 10.9. The van der Waals surface area contributed by atoms with E-state index in [4.69, 9.17) is 147 Å². The lowest BCUT2D eigenvalue weighted by molar-refractivity contribution is -0.139. The fourth-order valence-electron chi connectivity index (χ4n) is 13.8. The number of hydrogen-bond acceptors (Lipinski definition) is 31. The molecule has 0 amide bonds. The van der Waals surface area contributed by atoms with Crippen molar-refractivity contribution >= 4 is 59.2 Å². The Morgan fingerprint density at radius 2 is 0.533 bits per heavy atom. The zero-order chi connectivity index (χ0) is 97.1. The maximum Gasteiger partial charge on any atom is 0.320 e. The number of thioether (sulfide) groups is 1. The molecule has 7 unspecified atom stereocenters. The van der Waals surface area contributed by atoms with Gasteiger partial charge in [0.15, 0.2) is 44.0 Å². The maximum absolute atomic E-state index is 10.7. The van der Waals surface area contributed by atoms with Crippen LogP contribution in [0.15, 0.2) is 175 Å². The van der Waals surface area contributed by atoms with Gasteiger partial charge in [-0.3, -0.25) is 33.6 Å². The van der Waals surface area contributed by atoms with Crippen molar-refractivity contribution in [2.75, 3.05) is 117 Å². The summed E-state index contributed by atoms with van der Waals surface area (Å²) in [6, 6.07) is 47.9. The van der Waals surface area contributed by atoms with E-state index in [1.54, 1.807) is 36.0 Å². The van der Waals surface area contributed by atoms with Gasteiger partial charge in [0.25, 0.3) is 0 Å². The number of carbonyl (C=O) groups is 7. The maximum atomic E-state index is 10.7. The number of unbranched alkanes of at least 4 members (excludes halogenated alkanes) is 1. The highest BCUT2D eigenvalue weighted by atomic mass is 32.2. The van der Waals surface area contributed by atoms with Crippen LogP contribution in [-0.2, 0) is 171 Å². The monoisotopic (exact) mass is 1940 g/mol. The van der Waals surface area contributed by atoms with E-state index in [0.717, 1.165) is 119 Å². The van der Waals surface area contributed by atoms with E-state index in [0.29, 0.717) is 163 Å². The Kier molecular flexibility index (Phi) is 54.9. The minimum absolute atomic E-state index is 0. The summed E-state index contributed by atoms with van der Waals surface area (Å²) in [6.45, 7) is 10.2. The Hall–Kier alpha value is -10.1. The van der Waals surface area contributed by atoms with Gasteiger partial charge in [0.1, 0.15) is 54.6 Å². The standard InChI is InChI=1S/C16H23NO4.C15H21NO4.C14H19NO4.C13H18N2O4.C13H17NO5.C13H17NO4S.C13H17NO4.2CH4/c17-14(16(18)19)11-13-7-5-12(6-8-13)3-1-2-4-15-20-9-10-21-15;16-13(15(17)18)10-12-6-4-11(5-7-12)2-1-3-14-19-8-9-20-14;15-12(14(16)17)9-11-3-1-10(2-4-11)5-6-13-18-7-8-19-13;14-11(13(16)17)7-9-1-3-10(4-2-9)15-8-12-18-5-6-19-12;2*14-11(13(15)16)7-9-1-3-10(4-2-9)19-8-12-17-5-6-18-12;14-11(13(15)16)7-9-1-3-10(4-2-9)8-12-17-5-6-18-12;;/h5-8,14-15H,1-4,9-11,17H2,(H,18,19);4-7,13-14H,1-3,8-10,16H2,(H,17,18);1-4,12-13H,5-9,15H2,(H,16,17);1-4,11-12,15H,5-8,14H2,(H,16,17);2*1-4,11-12H,5-8,14H2,(H,15,16);1-4,11-12H,5-8,14H2,(H,15,16);2*1H4. The lowest BCUT2D eigenvalue weighted by atomic mass is 10.0. The van der Waals surface area contributed by atoms with Gasteiger partial charge in [-0.05, 0) is 194 Å². The molecule has 7 aromatic rings. The first-order valence-electron chi connectivity index (χ1n) is 45.1. The zero-order valence-electron chi connectivity index (χ0n) is 75.9. The zero-order valence-corrected chi connectivity index (χ0v) is 76.7. The average molecular weight is 1940 g/mol. The molecule has 7 aromatic carbocycles. The number of aryl methyl sites for hydroxylation is 3. The first-order valence-corrected chi connectivity index (χ1v) is 46.1. The number of nitrogens with one attached hydrogen (secondary N) is 1. The molecule has 0 bridgehead atoms. The summed E-state index contributed by atoms with van der Waals surface area (Å²) in [4.78, 5) is 75.8. The van der Waals surface area contributed by atoms with Gasteiger partial charge < -0.3 is 152 Å². The summed E-state index contributed by atoms with van der Waals surface area (Å²) >= 11 is 1.65. The van der Waals surface area contributed by atoms with Crippen molar-refractivity contribution in [3.8, 4) is 5.75 Å². The average Bonchev–Trinajstić information content (AvgIpc) is 1.69. The van der Waals surface area contributed by atoms with Crippen LogP contribution in [0, 0.1) is 0 Å². The van der Waals surface area contributed by atoms with Gasteiger partial charge in [0, 0.05) is 29.2 Å². The molecule has 38 heteroatoms. The van der Waals surface area contributed by atoms with Crippen molar-refractivity contribution < 1.29 is 140 Å². The number of carboxylic acids is 7. The van der Waals surface area contributed by atoms with E-state index in [-0.39, 0.29) is 58.9 Å². The Morgan fingerprint density at radius 1 is 0.285 bits per heavy atom. The highest BCUT2D eigenvalue weighted by Crippen LogP contribution is 2.25. The first-order chi connectivity index (χ1) is 65.0. The third kappa shape index (κ3) is 47.4. The molecule has 7 atom stereocenters. The van der Waals surface area contributed by atoms with Crippen LogP contribution in [0.1, 0.15) is 115 Å². The van der Waals surface area contributed by atoms with Gasteiger partial charge >= 0.3 is 41.8 Å².